The maximum atomic E-state index is 13.2. The lowest BCUT2D eigenvalue weighted by atomic mass is 10.1. The van der Waals surface area contributed by atoms with E-state index < -0.39 is 33.7 Å². The van der Waals surface area contributed by atoms with Crippen molar-refractivity contribution in [2.45, 2.75) is 17.4 Å². The highest BCUT2D eigenvalue weighted by molar-refractivity contribution is 7.89. The lowest BCUT2D eigenvalue weighted by Crippen LogP contribution is -2.45. The van der Waals surface area contributed by atoms with Crippen LogP contribution in [0.4, 0.5) is 10.1 Å². The van der Waals surface area contributed by atoms with E-state index in [-0.39, 0.29) is 16.9 Å². The summed E-state index contributed by atoms with van der Waals surface area (Å²) < 4.78 is 41.1. The number of hydrogen-bond donors (Lipinski definition) is 3. The molecule has 3 aromatic rings. The normalized spacial score (nSPS) is 12.2. The highest BCUT2D eigenvalue weighted by Gasteiger charge is 2.26. The second-order valence-corrected chi connectivity index (χ2v) is 8.46. The maximum Gasteiger partial charge on any atom is 0.248 e. The van der Waals surface area contributed by atoms with E-state index in [0.29, 0.717) is 5.69 Å². The molecule has 0 aliphatic rings. The summed E-state index contributed by atoms with van der Waals surface area (Å²) in [5.41, 5.74) is 6.59. The minimum atomic E-state index is -4.09. The fraction of sp³-hybridized carbons (Fsp3) is 0.0909. The van der Waals surface area contributed by atoms with Gasteiger partial charge in [0.2, 0.25) is 21.8 Å². The molecule has 3 rings (SSSR count). The van der Waals surface area contributed by atoms with Crippen LogP contribution >= 0.6 is 0 Å². The molecular formula is C22H20FN3O4S. The highest BCUT2D eigenvalue weighted by atomic mass is 32.2. The molecule has 0 aliphatic heterocycles. The molecule has 0 heterocycles. The van der Waals surface area contributed by atoms with Gasteiger partial charge in [0.25, 0.3) is 0 Å². The lowest BCUT2D eigenvalue weighted by molar-refractivity contribution is -0.117. The van der Waals surface area contributed by atoms with Crippen LogP contribution in [-0.4, -0.2) is 26.3 Å². The standard InChI is InChI=1S/C22H20FN3O4S/c23-17-8-12-19(13-9-17)31(29,30)26-20(14-15-4-2-1-3-5-15)22(28)25-18-10-6-16(7-11-18)21(24)27/h1-13,20,26H,14H2,(H2,24,27)(H,25,28)/t20-/m1/s1. The van der Waals surface area contributed by atoms with Crippen molar-refractivity contribution >= 4 is 27.5 Å². The first-order valence-corrected chi connectivity index (χ1v) is 10.8. The molecule has 0 saturated carbocycles. The van der Waals surface area contributed by atoms with Crippen LogP contribution in [0.25, 0.3) is 0 Å². The molecular weight excluding hydrogens is 421 g/mol. The van der Waals surface area contributed by atoms with Gasteiger partial charge in [-0.2, -0.15) is 4.72 Å². The van der Waals surface area contributed by atoms with Crippen LogP contribution in [0.1, 0.15) is 15.9 Å². The molecule has 0 unspecified atom stereocenters. The number of carbonyl (C=O) groups excluding carboxylic acids is 2. The van der Waals surface area contributed by atoms with Gasteiger partial charge in [0.05, 0.1) is 4.90 Å². The third-order valence-corrected chi connectivity index (χ3v) is 5.95. The van der Waals surface area contributed by atoms with Crippen LogP contribution in [0.5, 0.6) is 0 Å². The summed E-state index contributed by atoms with van der Waals surface area (Å²) in [5.74, 6) is -1.77. The topological polar surface area (TPSA) is 118 Å². The molecule has 7 nitrogen and oxygen atoms in total. The largest absolute Gasteiger partial charge is 0.366 e. The van der Waals surface area contributed by atoms with Crippen molar-refractivity contribution in [1.82, 2.24) is 4.72 Å². The Balaban J connectivity index is 1.83. The zero-order chi connectivity index (χ0) is 22.4. The number of sulfonamides is 1. The van der Waals surface area contributed by atoms with Crippen LogP contribution in [-0.2, 0) is 21.2 Å². The Morgan fingerprint density at radius 1 is 0.903 bits per heavy atom. The van der Waals surface area contributed by atoms with Crippen molar-refractivity contribution < 1.29 is 22.4 Å². The monoisotopic (exact) mass is 441 g/mol. The first-order valence-electron chi connectivity index (χ1n) is 9.27. The van der Waals surface area contributed by atoms with Crippen LogP contribution in [0.15, 0.2) is 83.8 Å². The molecule has 2 amide bonds. The summed E-state index contributed by atoms with van der Waals surface area (Å²) in [4.78, 5) is 23.9. The van der Waals surface area contributed by atoms with Gasteiger partial charge in [0.1, 0.15) is 11.9 Å². The Bertz CT molecular complexity index is 1170. The number of amides is 2. The SMILES string of the molecule is NC(=O)c1ccc(NC(=O)[C@@H](Cc2ccccc2)NS(=O)(=O)c2ccc(F)cc2)cc1. The molecule has 4 N–H and O–H groups in total. The van der Waals surface area contributed by atoms with E-state index in [1.54, 1.807) is 24.3 Å². The van der Waals surface area contributed by atoms with E-state index in [9.17, 15) is 22.4 Å². The summed E-state index contributed by atoms with van der Waals surface area (Å²) in [6, 6.07) is 18.0. The number of hydrogen-bond acceptors (Lipinski definition) is 4. The molecule has 0 aliphatic carbocycles. The second kappa shape index (κ2) is 9.50. The van der Waals surface area contributed by atoms with Gasteiger partial charge in [0, 0.05) is 11.3 Å². The van der Waals surface area contributed by atoms with E-state index in [4.69, 9.17) is 5.73 Å². The Kier molecular flexibility index (Phi) is 6.78. The Morgan fingerprint density at radius 3 is 2.10 bits per heavy atom. The zero-order valence-corrected chi connectivity index (χ0v) is 17.1. The van der Waals surface area contributed by atoms with Gasteiger partial charge in [-0.25, -0.2) is 12.8 Å². The van der Waals surface area contributed by atoms with Gasteiger partial charge in [-0.3, -0.25) is 9.59 Å². The molecule has 0 aromatic heterocycles. The van der Waals surface area contributed by atoms with Gasteiger partial charge in [-0.1, -0.05) is 30.3 Å². The highest BCUT2D eigenvalue weighted by Crippen LogP contribution is 2.15. The average molecular weight is 441 g/mol. The minimum absolute atomic E-state index is 0.0897. The third kappa shape index (κ3) is 5.97. The van der Waals surface area contributed by atoms with E-state index >= 15 is 0 Å². The predicted octanol–water partition coefficient (Wildman–Crippen LogP) is 2.45. The van der Waals surface area contributed by atoms with E-state index in [1.165, 1.54) is 24.3 Å². The summed E-state index contributed by atoms with van der Waals surface area (Å²) in [7, 11) is -4.09. The number of carbonyl (C=O) groups is 2. The van der Waals surface area contributed by atoms with Crippen molar-refractivity contribution in [3.63, 3.8) is 0 Å². The Morgan fingerprint density at radius 2 is 1.52 bits per heavy atom. The van der Waals surface area contributed by atoms with Crippen LogP contribution < -0.4 is 15.8 Å². The second-order valence-electron chi connectivity index (χ2n) is 6.75. The number of primary amides is 1. The number of rotatable bonds is 8. The van der Waals surface area contributed by atoms with Crippen LogP contribution in [0, 0.1) is 5.82 Å². The van der Waals surface area contributed by atoms with Crippen molar-refractivity contribution in [3.8, 4) is 0 Å². The smallest absolute Gasteiger partial charge is 0.248 e. The van der Waals surface area contributed by atoms with Crippen LogP contribution in [0.2, 0.25) is 0 Å². The number of nitrogens with one attached hydrogen (secondary N) is 2. The van der Waals surface area contributed by atoms with Gasteiger partial charge in [0.15, 0.2) is 0 Å². The van der Waals surface area contributed by atoms with Crippen molar-refractivity contribution in [2.24, 2.45) is 5.73 Å². The fourth-order valence-electron chi connectivity index (χ4n) is 2.85. The zero-order valence-electron chi connectivity index (χ0n) is 16.3. The van der Waals surface area contributed by atoms with E-state index in [0.717, 1.165) is 29.8 Å². The number of halogens is 1. The first kappa shape index (κ1) is 22.1. The van der Waals surface area contributed by atoms with E-state index in [1.807, 2.05) is 6.07 Å². The summed E-state index contributed by atoms with van der Waals surface area (Å²) >= 11 is 0. The third-order valence-electron chi connectivity index (χ3n) is 4.46. The van der Waals surface area contributed by atoms with Gasteiger partial charge in [-0.15, -0.1) is 0 Å². The minimum Gasteiger partial charge on any atom is -0.366 e. The van der Waals surface area contributed by atoms with Gasteiger partial charge < -0.3 is 11.1 Å². The van der Waals surface area contributed by atoms with Crippen molar-refractivity contribution in [2.75, 3.05) is 5.32 Å². The fourth-order valence-corrected chi connectivity index (χ4v) is 4.05. The average Bonchev–Trinajstić information content (AvgIpc) is 2.74. The molecule has 1 atom stereocenters. The Labute approximate surface area is 179 Å². The molecule has 3 aromatic carbocycles. The molecule has 0 bridgehead atoms. The first-order chi connectivity index (χ1) is 14.7. The number of anilines is 1. The van der Waals surface area contributed by atoms with Crippen molar-refractivity contribution in [3.05, 3.63) is 95.8 Å². The molecule has 160 valence electrons. The van der Waals surface area contributed by atoms with Gasteiger partial charge in [-0.05, 0) is 60.5 Å². The van der Waals surface area contributed by atoms with E-state index in [2.05, 4.69) is 10.0 Å². The molecule has 9 heteroatoms. The summed E-state index contributed by atoms with van der Waals surface area (Å²) in [6.45, 7) is 0. The Hall–Kier alpha value is -3.56. The number of benzene rings is 3. The quantitative estimate of drug-likeness (QED) is 0.498. The predicted molar refractivity (Wildman–Crippen MR) is 114 cm³/mol. The van der Waals surface area contributed by atoms with Crippen molar-refractivity contribution in [1.29, 1.82) is 0 Å². The summed E-state index contributed by atoms with van der Waals surface area (Å²) in [5, 5.41) is 2.63. The summed E-state index contributed by atoms with van der Waals surface area (Å²) in [6.07, 6.45) is 0.0897. The number of nitrogens with two attached hydrogens (primary N) is 1. The maximum absolute atomic E-state index is 13.2. The molecule has 0 radical (unpaired) electrons. The molecule has 0 saturated heterocycles. The van der Waals surface area contributed by atoms with Gasteiger partial charge >= 0.3 is 0 Å². The molecule has 31 heavy (non-hydrogen) atoms. The van der Waals surface area contributed by atoms with Crippen LogP contribution in [0.3, 0.4) is 0 Å². The lowest BCUT2D eigenvalue weighted by Gasteiger charge is -2.19. The molecule has 0 spiro atoms. The molecule has 0 fully saturated rings.